The maximum absolute atomic E-state index is 8.41. The van der Waals surface area contributed by atoms with Crippen LogP contribution in [0.2, 0.25) is 0 Å². The maximum atomic E-state index is 8.41. The van der Waals surface area contributed by atoms with E-state index in [1.54, 1.807) is 48.7 Å². The second-order valence-electron chi connectivity index (χ2n) is 7.50. The number of pyridine rings is 2. The zero-order chi connectivity index (χ0) is 34.7. The first-order valence-electron chi connectivity index (χ1n) is 16.8. The zero-order valence-corrected chi connectivity index (χ0v) is 21.5. The number of nitrogens with zero attached hydrogens (tertiary/aromatic N) is 2. The van der Waals surface area contributed by atoms with E-state index in [-0.39, 0.29) is 31.2 Å². The predicted octanol–water partition coefficient (Wildman–Crippen LogP) is 8.27. The van der Waals surface area contributed by atoms with Crippen molar-refractivity contribution in [1.29, 1.82) is 0 Å². The van der Waals surface area contributed by atoms with Gasteiger partial charge in [-0.3, -0.25) is 0 Å². The molecule has 0 saturated heterocycles. The van der Waals surface area contributed by atoms with Crippen LogP contribution in [0, 0.1) is 24.9 Å². The van der Waals surface area contributed by atoms with E-state index in [2.05, 4.69) is 22.1 Å². The SMILES string of the molecule is [2H]C([2H])([2H])C([2H])(C([2H])([2H])[2H])C([2H])([2H])c1cccc(-c2ccnc(-c3[c-]cccc3)c2)c1.[2H]C([2H])([2H])c1ccc(-c2[c-]cccc2)nc1.[Ir]. The summed E-state index contributed by atoms with van der Waals surface area (Å²) in [5.74, 6) is -3.35. The molecule has 2 aromatic heterocycles. The number of aromatic nitrogens is 2. The standard InChI is InChI=1S/C21H20N.C12H10N.Ir/c1-16(2)13-17-7-6-10-19(14-17)20-11-12-22-21(15-20)18-8-4-3-5-9-18;1-10-7-8-12(13-9-10)11-5-3-2-4-6-11;/h3-8,10-12,14-16H,13H2,1-2H3;2-5,7-9H,1H3;/q2*-1;/i1D3,2D3,13D2,16D;1D3;. The largest absolute Gasteiger partial charge is 0.305 e. The quantitative estimate of drug-likeness (QED) is 0.178. The zero-order valence-electron chi connectivity index (χ0n) is 31.1. The maximum Gasteiger partial charge on any atom is 0.0319 e. The van der Waals surface area contributed by atoms with E-state index < -0.39 is 32.8 Å². The Morgan fingerprint density at radius 2 is 1.56 bits per heavy atom. The molecule has 0 atom stereocenters. The molecule has 2 nitrogen and oxygen atoms in total. The molecular formula is C33H30IrN2-2. The van der Waals surface area contributed by atoms with E-state index in [0.717, 1.165) is 16.8 Å². The molecule has 0 bridgehead atoms. The van der Waals surface area contributed by atoms with Crippen molar-refractivity contribution in [2.75, 3.05) is 0 Å². The van der Waals surface area contributed by atoms with Crippen LogP contribution in [-0.4, -0.2) is 9.97 Å². The molecule has 3 aromatic carbocycles. The Labute approximate surface area is 245 Å². The van der Waals surface area contributed by atoms with Crippen molar-refractivity contribution in [2.45, 2.75) is 26.9 Å². The van der Waals surface area contributed by atoms with Crippen LogP contribution in [0.4, 0.5) is 0 Å². The van der Waals surface area contributed by atoms with Gasteiger partial charge in [-0.2, -0.15) is 0 Å². The van der Waals surface area contributed by atoms with Crippen LogP contribution < -0.4 is 0 Å². The normalized spacial score (nSPS) is 16.9. The molecule has 0 spiro atoms. The summed E-state index contributed by atoms with van der Waals surface area (Å²) in [4.78, 5) is 8.45. The number of hydrogen-bond acceptors (Lipinski definition) is 2. The number of aryl methyl sites for hydroxylation is 1. The third kappa shape index (κ3) is 7.81. The van der Waals surface area contributed by atoms with Crippen molar-refractivity contribution in [3.63, 3.8) is 0 Å². The molecule has 1 radical (unpaired) electrons. The van der Waals surface area contributed by atoms with Crippen LogP contribution in [0.1, 0.15) is 41.3 Å². The van der Waals surface area contributed by atoms with Gasteiger partial charge in [0.1, 0.15) is 0 Å². The first-order valence-corrected chi connectivity index (χ1v) is 10.8. The summed E-state index contributed by atoms with van der Waals surface area (Å²) in [6.07, 6.45) is -0.00176. The average molecular weight is 659 g/mol. The van der Waals surface area contributed by atoms with Crippen LogP contribution in [0.5, 0.6) is 0 Å². The van der Waals surface area contributed by atoms with Crippen molar-refractivity contribution in [3.05, 3.63) is 133 Å². The molecule has 2 heterocycles. The molecule has 36 heavy (non-hydrogen) atoms. The van der Waals surface area contributed by atoms with Gasteiger partial charge >= 0.3 is 0 Å². The fourth-order valence-electron chi connectivity index (χ4n) is 3.34. The van der Waals surface area contributed by atoms with E-state index in [1.807, 2.05) is 36.4 Å². The summed E-state index contributed by atoms with van der Waals surface area (Å²) < 4.78 is 92.5. The minimum atomic E-state index is -3.38. The smallest absolute Gasteiger partial charge is 0.0319 e. The van der Waals surface area contributed by atoms with E-state index in [4.69, 9.17) is 16.4 Å². The van der Waals surface area contributed by atoms with E-state index in [0.29, 0.717) is 16.8 Å². The minimum absolute atomic E-state index is 0. The van der Waals surface area contributed by atoms with Gasteiger partial charge in [-0.15, -0.1) is 71.8 Å². The molecule has 0 aliphatic heterocycles. The third-order valence-corrected chi connectivity index (χ3v) is 4.96. The number of rotatable bonds is 5. The Morgan fingerprint density at radius 3 is 2.19 bits per heavy atom. The van der Waals surface area contributed by atoms with Gasteiger partial charge in [-0.25, -0.2) is 0 Å². The van der Waals surface area contributed by atoms with Gasteiger partial charge in [0.15, 0.2) is 0 Å². The molecule has 0 fully saturated rings. The van der Waals surface area contributed by atoms with Crippen molar-refractivity contribution >= 4 is 0 Å². The molecule has 183 valence electrons. The van der Waals surface area contributed by atoms with Crippen LogP contribution in [-0.2, 0) is 26.5 Å². The summed E-state index contributed by atoms with van der Waals surface area (Å²) in [5.41, 5.74) is 4.28. The second kappa shape index (κ2) is 13.6. The van der Waals surface area contributed by atoms with Crippen molar-refractivity contribution in [2.24, 2.45) is 5.89 Å². The Morgan fingerprint density at radius 1 is 0.806 bits per heavy atom. The summed E-state index contributed by atoms with van der Waals surface area (Å²) in [5, 5.41) is 0. The van der Waals surface area contributed by atoms with Crippen LogP contribution >= 0.6 is 0 Å². The summed E-state index contributed by atoms with van der Waals surface area (Å²) in [6.45, 7) is -8.86. The molecule has 5 aromatic rings. The molecule has 0 amide bonds. The summed E-state index contributed by atoms with van der Waals surface area (Å²) in [6, 6.07) is 33.5. The van der Waals surface area contributed by atoms with Crippen molar-refractivity contribution in [3.8, 4) is 33.6 Å². The minimum Gasteiger partial charge on any atom is -0.305 e. The van der Waals surface area contributed by atoms with Gasteiger partial charge in [0.25, 0.3) is 0 Å². The van der Waals surface area contributed by atoms with Gasteiger partial charge in [0, 0.05) is 48.9 Å². The van der Waals surface area contributed by atoms with Gasteiger partial charge in [0.05, 0.1) is 0 Å². The third-order valence-electron chi connectivity index (χ3n) is 4.96. The molecular weight excluding hydrogens is 617 g/mol. The summed E-state index contributed by atoms with van der Waals surface area (Å²) in [7, 11) is 0. The van der Waals surface area contributed by atoms with Crippen molar-refractivity contribution in [1.82, 2.24) is 9.97 Å². The molecule has 5 rings (SSSR count). The van der Waals surface area contributed by atoms with Crippen LogP contribution in [0.25, 0.3) is 33.6 Å². The van der Waals surface area contributed by atoms with Gasteiger partial charge in [-0.05, 0) is 58.8 Å². The first kappa shape index (κ1) is 15.0. The topological polar surface area (TPSA) is 25.8 Å². The fraction of sp³-hybridized carbons (Fsp3) is 0.152. The Bertz CT molecular complexity index is 1760. The van der Waals surface area contributed by atoms with E-state index in [9.17, 15) is 0 Å². The van der Waals surface area contributed by atoms with Crippen LogP contribution in [0.15, 0.2) is 109 Å². The molecule has 0 unspecified atom stereocenters. The van der Waals surface area contributed by atoms with Gasteiger partial charge in [0.2, 0.25) is 0 Å². The Hall–Kier alpha value is -3.39. The van der Waals surface area contributed by atoms with E-state index >= 15 is 0 Å². The molecule has 3 heteroatoms. The molecule has 0 N–H and O–H groups in total. The Balaban J connectivity index is 0.000000309. The number of hydrogen-bond donors (Lipinski definition) is 0. The van der Waals surface area contributed by atoms with Crippen molar-refractivity contribution < 1.29 is 36.6 Å². The molecule has 0 aliphatic rings. The number of benzene rings is 3. The fourth-order valence-corrected chi connectivity index (χ4v) is 3.34. The monoisotopic (exact) mass is 659 g/mol. The Kier molecular flexibility index (Phi) is 5.68. The molecule has 0 aliphatic carbocycles. The van der Waals surface area contributed by atoms with E-state index in [1.165, 1.54) is 24.4 Å². The van der Waals surface area contributed by atoms with Gasteiger partial charge in [-0.1, -0.05) is 56.2 Å². The van der Waals surface area contributed by atoms with Crippen LogP contribution in [0.3, 0.4) is 0 Å². The summed E-state index contributed by atoms with van der Waals surface area (Å²) >= 11 is 0. The first-order chi connectivity index (χ1) is 21.9. The second-order valence-corrected chi connectivity index (χ2v) is 7.50. The molecule has 0 saturated carbocycles. The van der Waals surface area contributed by atoms with Gasteiger partial charge < -0.3 is 9.97 Å². The average Bonchev–Trinajstić information content (AvgIpc) is 3.04. The predicted molar refractivity (Wildman–Crippen MR) is 146 cm³/mol.